The molecule has 1 N–H and O–H groups in total. The smallest absolute Gasteiger partial charge is 0.0702 e. The summed E-state index contributed by atoms with van der Waals surface area (Å²) in [5.41, 5.74) is 3.19. The summed E-state index contributed by atoms with van der Waals surface area (Å²) in [6.45, 7) is 7.74. The number of nitrogens with zero attached hydrogens (tertiary/aromatic N) is 1. The van der Waals surface area contributed by atoms with Gasteiger partial charge in [0.1, 0.15) is 0 Å². The van der Waals surface area contributed by atoms with Crippen LogP contribution in [0.2, 0.25) is 0 Å². The third kappa shape index (κ3) is 1.97. The first-order chi connectivity index (χ1) is 9.29. The lowest BCUT2D eigenvalue weighted by molar-refractivity contribution is 1.33. The summed E-state index contributed by atoms with van der Waals surface area (Å²) in [6.07, 6.45) is 7.59. The molecule has 0 aliphatic carbocycles. The number of aromatic amines is 1. The van der Waals surface area contributed by atoms with Gasteiger partial charge < -0.3 is 4.98 Å². The number of nitrogens with one attached hydrogen (secondary N) is 1. The van der Waals surface area contributed by atoms with Crippen molar-refractivity contribution in [2.75, 3.05) is 0 Å². The summed E-state index contributed by atoms with van der Waals surface area (Å²) in [4.78, 5) is 7.64. The van der Waals surface area contributed by atoms with Gasteiger partial charge in [0, 0.05) is 39.5 Å². The van der Waals surface area contributed by atoms with Crippen molar-refractivity contribution in [3.63, 3.8) is 0 Å². The highest BCUT2D eigenvalue weighted by Crippen LogP contribution is 2.19. The second-order valence-electron chi connectivity index (χ2n) is 4.41. The lowest BCUT2D eigenvalue weighted by Crippen LogP contribution is -2.21. The molecule has 2 heteroatoms. The van der Waals surface area contributed by atoms with Crippen molar-refractivity contribution in [3.05, 3.63) is 65.9 Å². The van der Waals surface area contributed by atoms with Crippen LogP contribution in [0.5, 0.6) is 0 Å². The summed E-state index contributed by atoms with van der Waals surface area (Å²) in [6, 6.07) is 10.2. The number of pyridine rings is 1. The number of aromatic nitrogens is 2. The Morgan fingerprint density at radius 3 is 2.89 bits per heavy atom. The van der Waals surface area contributed by atoms with Crippen molar-refractivity contribution in [1.82, 2.24) is 9.97 Å². The Balaban J connectivity index is 2.28. The highest BCUT2D eigenvalue weighted by Gasteiger charge is 2.03. The van der Waals surface area contributed by atoms with E-state index in [9.17, 15) is 0 Å². The van der Waals surface area contributed by atoms with Gasteiger partial charge in [0.05, 0.1) is 5.52 Å². The van der Waals surface area contributed by atoms with Crippen LogP contribution in [0, 0.1) is 0 Å². The van der Waals surface area contributed by atoms with E-state index < -0.39 is 0 Å². The monoisotopic (exact) mass is 246 g/mol. The van der Waals surface area contributed by atoms with Gasteiger partial charge in [0.2, 0.25) is 0 Å². The van der Waals surface area contributed by atoms with E-state index in [0.29, 0.717) is 0 Å². The summed E-state index contributed by atoms with van der Waals surface area (Å²) in [5, 5.41) is 3.09. The molecular formula is C17H14N2. The van der Waals surface area contributed by atoms with Gasteiger partial charge >= 0.3 is 0 Å². The van der Waals surface area contributed by atoms with Crippen molar-refractivity contribution < 1.29 is 0 Å². The Kier molecular flexibility index (Phi) is 2.76. The molecule has 0 atom stereocenters. The summed E-state index contributed by atoms with van der Waals surface area (Å²) in [5.74, 6) is 0. The molecule has 0 aliphatic heterocycles. The van der Waals surface area contributed by atoms with Gasteiger partial charge in [-0.2, -0.15) is 0 Å². The molecule has 2 aromatic heterocycles. The van der Waals surface area contributed by atoms with Gasteiger partial charge in [-0.1, -0.05) is 43.5 Å². The van der Waals surface area contributed by atoms with E-state index in [1.807, 2.05) is 36.7 Å². The number of H-pyrrole nitrogens is 1. The third-order valence-electron chi connectivity index (χ3n) is 3.19. The first-order valence-corrected chi connectivity index (χ1v) is 6.14. The van der Waals surface area contributed by atoms with Gasteiger partial charge in [0.25, 0.3) is 0 Å². The van der Waals surface area contributed by atoms with Crippen LogP contribution >= 0.6 is 0 Å². The minimum absolute atomic E-state index is 0.892. The van der Waals surface area contributed by atoms with Crippen LogP contribution in [0.3, 0.4) is 0 Å². The number of fused-ring (bicyclic) bond motifs is 1. The second kappa shape index (κ2) is 4.58. The lowest BCUT2D eigenvalue weighted by Gasteiger charge is -2.01. The normalized spacial score (nSPS) is 11.9. The summed E-state index contributed by atoms with van der Waals surface area (Å²) >= 11 is 0. The highest BCUT2D eigenvalue weighted by atomic mass is 14.7. The van der Waals surface area contributed by atoms with Crippen molar-refractivity contribution in [2.24, 2.45) is 0 Å². The standard InChI is InChI=1S/C17H14N2/c1-3-6-15-12(2)18-11-16(15)14-9-13-7-4-5-8-17(13)19-10-14/h3-11,18H,1-2H2/b15-6+. The molecule has 0 spiro atoms. The zero-order valence-electron chi connectivity index (χ0n) is 10.6. The number of para-hydroxylation sites is 1. The highest BCUT2D eigenvalue weighted by molar-refractivity contribution is 5.83. The minimum Gasteiger partial charge on any atom is -0.361 e. The molecule has 0 aliphatic rings. The molecule has 19 heavy (non-hydrogen) atoms. The fourth-order valence-corrected chi connectivity index (χ4v) is 2.24. The number of hydrogen-bond acceptors (Lipinski definition) is 1. The Hall–Kier alpha value is -2.61. The van der Waals surface area contributed by atoms with Crippen LogP contribution in [-0.2, 0) is 0 Å². The Bertz CT molecular complexity index is 856. The van der Waals surface area contributed by atoms with E-state index in [1.54, 1.807) is 6.08 Å². The van der Waals surface area contributed by atoms with Crippen molar-refractivity contribution in [1.29, 1.82) is 0 Å². The van der Waals surface area contributed by atoms with E-state index in [0.717, 1.165) is 32.6 Å². The Morgan fingerprint density at radius 2 is 2.05 bits per heavy atom. The number of allylic oxidation sites excluding steroid dienone is 1. The zero-order chi connectivity index (χ0) is 13.2. The van der Waals surface area contributed by atoms with Crippen LogP contribution in [-0.4, -0.2) is 9.97 Å². The molecule has 1 aromatic carbocycles. The SMILES string of the molecule is C=C/C=c1/c(-c2cnc3ccccc3c2)c[nH]c1=C. The molecule has 92 valence electrons. The van der Waals surface area contributed by atoms with Crippen LogP contribution in [0.25, 0.3) is 34.7 Å². The quantitative estimate of drug-likeness (QED) is 0.739. The van der Waals surface area contributed by atoms with Crippen molar-refractivity contribution >= 4 is 23.6 Å². The molecule has 0 saturated heterocycles. The third-order valence-corrected chi connectivity index (χ3v) is 3.19. The summed E-state index contributed by atoms with van der Waals surface area (Å²) in [7, 11) is 0. The fourth-order valence-electron chi connectivity index (χ4n) is 2.24. The summed E-state index contributed by atoms with van der Waals surface area (Å²) < 4.78 is 0. The molecule has 3 aromatic rings. The van der Waals surface area contributed by atoms with Crippen molar-refractivity contribution in [2.45, 2.75) is 0 Å². The molecule has 0 bridgehead atoms. The van der Waals surface area contributed by atoms with Crippen molar-refractivity contribution in [3.8, 4) is 11.1 Å². The van der Waals surface area contributed by atoms with Gasteiger partial charge in [-0.15, -0.1) is 0 Å². The van der Waals surface area contributed by atoms with E-state index in [4.69, 9.17) is 0 Å². The Labute approximate surface area is 111 Å². The fraction of sp³-hybridized carbons (Fsp3) is 0. The molecule has 0 radical (unpaired) electrons. The topological polar surface area (TPSA) is 28.7 Å². The number of rotatable bonds is 2. The molecule has 2 nitrogen and oxygen atoms in total. The molecule has 0 fully saturated rings. The van der Waals surface area contributed by atoms with E-state index >= 15 is 0 Å². The predicted molar refractivity (Wildman–Crippen MR) is 81.0 cm³/mol. The van der Waals surface area contributed by atoms with Crippen LogP contribution < -0.4 is 10.6 Å². The van der Waals surface area contributed by atoms with Gasteiger partial charge in [-0.3, -0.25) is 4.98 Å². The van der Waals surface area contributed by atoms with Gasteiger partial charge in [0.15, 0.2) is 0 Å². The van der Waals surface area contributed by atoms with Gasteiger partial charge in [-0.05, 0) is 12.1 Å². The van der Waals surface area contributed by atoms with E-state index in [2.05, 4.69) is 35.3 Å². The minimum atomic E-state index is 0.892. The largest absolute Gasteiger partial charge is 0.361 e. The maximum absolute atomic E-state index is 4.49. The average Bonchev–Trinajstić information content (AvgIpc) is 2.80. The first-order valence-electron chi connectivity index (χ1n) is 6.14. The maximum Gasteiger partial charge on any atom is 0.0702 e. The van der Waals surface area contributed by atoms with Crippen LogP contribution in [0.4, 0.5) is 0 Å². The lowest BCUT2D eigenvalue weighted by atomic mass is 10.1. The number of hydrogen-bond donors (Lipinski definition) is 1. The van der Waals surface area contributed by atoms with E-state index in [1.165, 1.54) is 0 Å². The molecule has 0 unspecified atom stereocenters. The molecule has 0 saturated carbocycles. The molecule has 0 amide bonds. The molecular weight excluding hydrogens is 232 g/mol. The molecule has 3 rings (SSSR count). The number of benzene rings is 1. The maximum atomic E-state index is 4.49. The van der Waals surface area contributed by atoms with Gasteiger partial charge in [-0.25, -0.2) is 0 Å². The van der Waals surface area contributed by atoms with Crippen LogP contribution in [0.1, 0.15) is 0 Å². The van der Waals surface area contributed by atoms with Crippen LogP contribution in [0.15, 0.2) is 55.4 Å². The second-order valence-corrected chi connectivity index (χ2v) is 4.41. The first kappa shape index (κ1) is 11.5. The predicted octanol–water partition coefficient (Wildman–Crippen LogP) is 2.61. The van der Waals surface area contributed by atoms with E-state index in [-0.39, 0.29) is 0 Å². The zero-order valence-corrected chi connectivity index (χ0v) is 10.6. The average molecular weight is 246 g/mol. The molecule has 2 heterocycles. The Morgan fingerprint density at radius 1 is 1.21 bits per heavy atom.